The first kappa shape index (κ1) is 10.7. The maximum Gasteiger partial charge on any atom is 0.405 e. The number of hydrogen-bond acceptors (Lipinski definition) is 3. The number of pyridine rings is 1. The Balaban J connectivity index is 2.20. The van der Waals surface area contributed by atoms with Gasteiger partial charge >= 0.3 is 6.18 Å². The van der Waals surface area contributed by atoms with Crippen LogP contribution in [0.1, 0.15) is 5.56 Å². The largest absolute Gasteiger partial charge is 0.405 e. The molecule has 0 spiro atoms. The summed E-state index contributed by atoms with van der Waals surface area (Å²) in [5.41, 5.74) is 1.47. The minimum atomic E-state index is -4.27. The summed E-state index contributed by atoms with van der Waals surface area (Å²) >= 11 is 0. The fraction of sp³-hybridized carbons (Fsp3) is 0.333. The van der Waals surface area contributed by atoms with Gasteiger partial charge in [0.2, 0.25) is 5.95 Å². The number of rotatable bonds is 2. The predicted molar refractivity (Wildman–Crippen MR) is 52.3 cm³/mol. The Morgan fingerprint density at radius 3 is 2.81 bits per heavy atom. The topological polar surface area (TPSA) is 42.2 Å². The second-order valence-corrected chi connectivity index (χ2v) is 3.41. The highest BCUT2D eigenvalue weighted by Gasteiger charge is 2.27. The number of aromatic nitrogens is 3. The molecule has 0 saturated heterocycles. The summed E-state index contributed by atoms with van der Waals surface area (Å²) in [5.74, 6) is -0.0251. The zero-order valence-corrected chi connectivity index (χ0v) is 8.41. The van der Waals surface area contributed by atoms with Crippen LogP contribution in [0.2, 0.25) is 0 Å². The third-order valence-corrected chi connectivity index (χ3v) is 1.93. The first-order valence-electron chi connectivity index (χ1n) is 4.58. The summed E-state index contributed by atoms with van der Waals surface area (Å²) < 4.78 is 37.2. The van der Waals surface area contributed by atoms with E-state index < -0.39 is 12.7 Å². The molecule has 2 heterocycles. The van der Waals surface area contributed by atoms with Gasteiger partial charge in [0, 0.05) is 6.20 Å². The van der Waals surface area contributed by atoms with Gasteiger partial charge in [-0.15, -0.1) is 5.10 Å². The second-order valence-electron chi connectivity index (χ2n) is 3.41. The van der Waals surface area contributed by atoms with Crippen LogP contribution < -0.4 is 5.32 Å². The Hall–Kier alpha value is -1.79. The van der Waals surface area contributed by atoms with E-state index in [1.165, 1.54) is 4.52 Å². The first-order valence-corrected chi connectivity index (χ1v) is 4.58. The molecule has 0 aliphatic heterocycles. The van der Waals surface area contributed by atoms with Crippen molar-refractivity contribution in [2.45, 2.75) is 13.1 Å². The summed E-state index contributed by atoms with van der Waals surface area (Å²) in [6.45, 7) is 0.729. The van der Waals surface area contributed by atoms with Gasteiger partial charge < -0.3 is 5.32 Å². The van der Waals surface area contributed by atoms with Crippen LogP contribution >= 0.6 is 0 Å². The number of nitrogens with one attached hydrogen (secondary N) is 1. The molecule has 2 aromatic heterocycles. The zero-order valence-electron chi connectivity index (χ0n) is 8.41. The molecule has 16 heavy (non-hydrogen) atoms. The molecule has 0 radical (unpaired) electrons. The Morgan fingerprint density at radius 1 is 1.38 bits per heavy atom. The lowest BCUT2D eigenvalue weighted by Crippen LogP contribution is -2.21. The van der Waals surface area contributed by atoms with Crippen molar-refractivity contribution in [3.63, 3.8) is 0 Å². The van der Waals surface area contributed by atoms with Crippen LogP contribution in [0.3, 0.4) is 0 Å². The van der Waals surface area contributed by atoms with E-state index >= 15 is 0 Å². The Labute approximate surface area is 89.1 Å². The third kappa shape index (κ3) is 2.41. The number of alkyl halides is 3. The van der Waals surface area contributed by atoms with Crippen molar-refractivity contribution in [3.05, 3.63) is 23.9 Å². The highest BCUT2D eigenvalue weighted by atomic mass is 19.4. The van der Waals surface area contributed by atoms with Crippen molar-refractivity contribution in [1.29, 1.82) is 0 Å². The van der Waals surface area contributed by atoms with Crippen LogP contribution in [0.4, 0.5) is 19.1 Å². The maximum atomic E-state index is 11.9. The van der Waals surface area contributed by atoms with E-state index in [1.807, 2.05) is 13.0 Å². The molecule has 0 saturated carbocycles. The molecule has 2 aromatic rings. The van der Waals surface area contributed by atoms with Crippen LogP contribution in [0.5, 0.6) is 0 Å². The monoisotopic (exact) mass is 230 g/mol. The SMILES string of the molecule is Cc1ccc2nc(NCC(F)(F)F)nn2c1. The van der Waals surface area contributed by atoms with Gasteiger partial charge in [-0.05, 0) is 18.6 Å². The van der Waals surface area contributed by atoms with Crippen LogP contribution in [0.25, 0.3) is 5.65 Å². The van der Waals surface area contributed by atoms with Crippen molar-refractivity contribution in [3.8, 4) is 0 Å². The van der Waals surface area contributed by atoms with E-state index in [2.05, 4.69) is 15.4 Å². The van der Waals surface area contributed by atoms with Gasteiger partial charge in [-0.1, -0.05) is 6.07 Å². The summed E-state index contributed by atoms with van der Waals surface area (Å²) in [4.78, 5) is 3.90. The fourth-order valence-corrected chi connectivity index (χ4v) is 1.24. The van der Waals surface area contributed by atoms with Gasteiger partial charge in [-0.3, -0.25) is 0 Å². The van der Waals surface area contributed by atoms with Gasteiger partial charge in [0.25, 0.3) is 0 Å². The Morgan fingerprint density at radius 2 is 2.12 bits per heavy atom. The molecule has 4 nitrogen and oxygen atoms in total. The molecular weight excluding hydrogens is 221 g/mol. The van der Waals surface area contributed by atoms with Gasteiger partial charge in [0.15, 0.2) is 5.65 Å². The summed E-state index contributed by atoms with van der Waals surface area (Å²) in [6.07, 6.45) is -2.57. The molecule has 0 aliphatic carbocycles. The van der Waals surface area contributed by atoms with E-state index in [0.717, 1.165) is 5.56 Å². The lowest BCUT2D eigenvalue weighted by molar-refractivity contribution is -0.115. The number of hydrogen-bond donors (Lipinski definition) is 1. The maximum absolute atomic E-state index is 11.9. The van der Waals surface area contributed by atoms with Crippen molar-refractivity contribution in [1.82, 2.24) is 14.6 Å². The molecule has 0 atom stereocenters. The molecular formula is C9H9F3N4. The number of fused-ring (bicyclic) bond motifs is 1. The predicted octanol–water partition coefficient (Wildman–Crippen LogP) is 2.01. The molecule has 1 N–H and O–H groups in total. The lowest BCUT2D eigenvalue weighted by atomic mass is 10.3. The van der Waals surface area contributed by atoms with Crippen LogP contribution in [0.15, 0.2) is 18.3 Å². The molecule has 7 heteroatoms. The molecule has 0 bridgehead atoms. The number of halogens is 3. The highest BCUT2D eigenvalue weighted by Crippen LogP contribution is 2.15. The van der Waals surface area contributed by atoms with E-state index in [0.29, 0.717) is 5.65 Å². The molecule has 0 unspecified atom stereocenters. The van der Waals surface area contributed by atoms with Crippen LogP contribution in [0, 0.1) is 6.92 Å². The van der Waals surface area contributed by atoms with Crippen molar-refractivity contribution >= 4 is 11.6 Å². The Kier molecular flexibility index (Phi) is 2.45. The van der Waals surface area contributed by atoms with Gasteiger partial charge in [0.1, 0.15) is 6.54 Å². The van der Waals surface area contributed by atoms with Crippen LogP contribution in [-0.2, 0) is 0 Å². The molecule has 0 amide bonds. The first-order chi connectivity index (χ1) is 7.44. The molecule has 0 fully saturated rings. The normalized spacial score (nSPS) is 12.0. The van der Waals surface area contributed by atoms with E-state index in [4.69, 9.17) is 0 Å². The van der Waals surface area contributed by atoms with E-state index in [1.54, 1.807) is 12.3 Å². The number of nitrogens with zero attached hydrogens (tertiary/aromatic N) is 3. The van der Waals surface area contributed by atoms with Crippen molar-refractivity contribution in [2.24, 2.45) is 0 Å². The van der Waals surface area contributed by atoms with Crippen LogP contribution in [-0.4, -0.2) is 27.3 Å². The number of anilines is 1. The minimum Gasteiger partial charge on any atom is -0.344 e. The molecule has 0 aliphatic rings. The highest BCUT2D eigenvalue weighted by molar-refractivity contribution is 5.44. The zero-order chi connectivity index (χ0) is 11.8. The van der Waals surface area contributed by atoms with Gasteiger partial charge in [-0.2, -0.15) is 18.2 Å². The average molecular weight is 230 g/mol. The smallest absolute Gasteiger partial charge is 0.344 e. The lowest BCUT2D eigenvalue weighted by Gasteiger charge is -2.04. The molecule has 2 rings (SSSR count). The Bertz CT molecular complexity index is 503. The molecule has 86 valence electrons. The standard InChI is InChI=1S/C9H9F3N4/c1-6-2-3-7-14-8(15-16(7)4-6)13-5-9(10,11)12/h2-4H,5H2,1H3,(H,13,15). The summed E-state index contributed by atoms with van der Waals surface area (Å²) in [6, 6.07) is 3.51. The van der Waals surface area contributed by atoms with Gasteiger partial charge in [0.05, 0.1) is 0 Å². The summed E-state index contributed by atoms with van der Waals surface area (Å²) in [5, 5.41) is 6.00. The van der Waals surface area contributed by atoms with E-state index in [-0.39, 0.29) is 5.95 Å². The van der Waals surface area contributed by atoms with E-state index in [9.17, 15) is 13.2 Å². The quantitative estimate of drug-likeness (QED) is 0.858. The number of aryl methyl sites for hydroxylation is 1. The molecule has 0 aromatic carbocycles. The second kappa shape index (κ2) is 3.66. The third-order valence-electron chi connectivity index (χ3n) is 1.93. The minimum absolute atomic E-state index is 0.0251. The fourth-order valence-electron chi connectivity index (χ4n) is 1.24. The van der Waals surface area contributed by atoms with Crippen molar-refractivity contribution < 1.29 is 13.2 Å². The van der Waals surface area contributed by atoms with Gasteiger partial charge in [-0.25, -0.2) is 4.52 Å². The van der Waals surface area contributed by atoms with Crippen molar-refractivity contribution in [2.75, 3.05) is 11.9 Å². The summed E-state index contributed by atoms with van der Waals surface area (Å²) in [7, 11) is 0. The average Bonchev–Trinajstić information content (AvgIpc) is 2.55.